The molecule has 0 N–H and O–H groups in total. The highest BCUT2D eigenvalue weighted by Crippen LogP contribution is 2.21. The molecule has 1 unspecified atom stereocenters. The Bertz CT molecular complexity index is 308. The molecule has 0 heteroatoms. The molecule has 0 amide bonds. The fraction of sp³-hybridized carbons (Fsp3) is 0.500. The van der Waals surface area contributed by atoms with E-state index in [1.54, 1.807) is 0 Å². The maximum atomic E-state index is 4.22. The number of allylic oxidation sites excluding steroid dienone is 1. The third-order valence-electron chi connectivity index (χ3n) is 3.12. The SMILES string of the molecule is C=C(CCC(C)C)C(C)Cc1ccccc1. The van der Waals surface area contributed by atoms with Gasteiger partial charge in [0.2, 0.25) is 0 Å². The van der Waals surface area contributed by atoms with Crippen molar-refractivity contribution >= 4 is 0 Å². The van der Waals surface area contributed by atoms with Crippen molar-refractivity contribution in [1.82, 2.24) is 0 Å². The lowest BCUT2D eigenvalue weighted by molar-refractivity contribution is 0.547. The van der Waals surface area contributed by atoms with Crippen LogP contribution < -0.4 is 0 Å². The number of benzene rings is 1. The first-order valence-corrected chi connectivity index (χ1v) is 6.31. The summed E-state index contributed by atoms with van der Waals surface area (Å²) in [5, 5.41) is 0. The van der Waals surface area contributed by atoms with E-state index >= 15 is 0 Å². The van der Waals surface area contributed by atoms with Gasteiger partial charge in [0.05, 0.1) is 0 Å². The average molecular weight is 216 g/mol. The summed E-state index contributed by atoms with van der Waals surface area (Å²) in [6.07, 6.45) is 3.56. The van der Waals surface area contributed by atoms with Crippen LogP contribution in [0.25, 0.3) is 0 Å². The molecule has 0 aliphatic heterocycles. The number of rotatable bonds is 6. The van der Waals surface area contributed by atoms with Crippen molar-refractivity contribution in [2.24, 2.45) is 11.8 Å². The van der Waals surface area contributed by atoms with Gasteiger partial charge in [0, 0.05) is 0 Å². The van der Waals surface area contributed by atoms with Gasteiger partial charge in [0.15, 0.2) is 0 Å². The molecule has 0 bridgehead atoms. The van der Waals surface area contributed by atoms with Gasteiger partial charge >= 0.3 is 0 Å². The van der Waals surface area contributed by atoms with Gasteiger partial charge in [-0.3, -0.25) is 0 Å². The van der Waals surface area contributed by atoms with E-state index in [9.17, 15) is 0 Å². The Labute approximate surface area is 100 Å². The lowest BCUT2D eigenvalue weighted by Gasteiger charge is -2.15. The summed E-state index contributed by atoms with van der Waals surface area (Å²) in [6, 6.07) is 10.7. The summed E-state index contributed by atoms with van der Waals surface area (Å²) in [7, 11) is 0. The van der Waals surface area contributed by atoms with Gasteiger partial charge in [0.25, 0.3) is 0 Å². The van der Waals surface area contributed by atoms with E-state index in [0.29, 0.717) is 5.92 Å². The molecule has 0 saturated carbocycles. The van der Waals surface area contributed by atoms with Crippen LogP contribution in [-0.2, 0) is 6.42 Å². The van der Waals surface area contributed by atoms with Gasteiger partial charge < -0.3 is 0 Å². The predicted molar refractivity (Wildman–Crippen MR) is 72.5 cm³/mol. The monoisotopic (exact) mass is 216 g/mol. The van der Waals surface area contributed by atoms with Crippen molar-refractivity contribution in [3.05, 3.63) is 48.0 Å². The minimum Gasteiger partial charge on any atom is -0.0996 e. The maximum absolute atomic E-state index is 4.22. The number of hydrogen-bond donors (Lipinski definition) is 0. The van der Waals surface area contributed by atoms with Crippen LogP contribution in [0.2, 0.25) is 0 Å². The van der Waals surface area contributed by atoms with Gasteiger partial charge in [-0.25, -0.2) is 0 Å². The zero-order chi connectivity index (χ0) is 12.0. The summed E-state index contributed by atoms with van der Waals surface area (Å²) < 4.78 is 0. The first kappa shape index (κ1) is 13.0. The molecule has 0 spiro atoms. The highest BCUT2D eigenvalue weighted by Gasteiger charge is 2.08. The Morgan fingerprint density at radius 3 is 2.31 bits per heavy atom. The normalized spacial score (nSPS) is 12.8. The standard InChI is InChI=1S/C16H24/c1-13(2)10-11-14(3)15(4)12-16-8-6-5-7-9-16/h5-9,13,15H,3,10-12H2,1-2,4H3. The van der Waals surface area contributed by atoms with Crippen LogP contribution in [0.4, 0.5) is 0 Å². The van der Waals surface area contributed by atoms with Gasteiger partial charge in [0.1, 0.15) is 0 Å². The molecule has 1 aromatic carbocycles. The van der Waals surface area contributed by atoms with Crippen molar-refractivity contribution < 1.29 is 0 Å². The van der Waals surface area contributed by atoms with E-state index in [4.69, 9.17) is 0 Å². The smallest absolute Gasteiger partial charge is 0.0194 e. The molecule has 0 saturated heterocycles. The lowest BCUT2D eigenvalue weighted by Crippen LogP contribution is -2.04. The minimum atomic E-state index is 0.598. The lowest BCUT2D eigenvalue weighted by atomic mass is 9.90. The van der Waals surface area contributed by atoms with Gasteiger partial charge in [-0.1, -0.05) is 63.3 Å². The molecule has 1 rings (SSSR count). The zero-order valence-corrected chi connectivity index (χ0v) is 10.9. The zero-order valence-electron chi connectivity index (χ0n) is 10.9. The Balaban J connectivity index is 2.40. The molecule has 0 fully saturated rings. The Hall–Kier alpha value is -1.04. The summed E-state index contributed by atoms with van der Waals surface area (Å²) in [6.45, 7) is 11.1. The third kappa shape index (κ3) is 4.65. The van der Waals surface area contributed by atoms with Crippen LogP contribution in [0.5, 0.6) is 0 Å². The van der Waals surface area contributed by atoms with Gasteiger partial charge in [-0.05, 0) is 36.7 Å². The highest BCUT2D eigenvalue weighted by molar-refractivity contribution is 5.17. The van der Waals surface area contributed by atoms with Crippen LogP contribution in [0.15, 0.2) is 42.5 Å². The van der Waals surface area contributed by atoms with E-state index in [1.165, 1.54) is 24.0 Å². The Kier molecular flexibility index (Phi) is 5.31. The Morgan fingerprint density at radius 2 is 1.75 bits per heavy atom. The topological polar surface area (TPSA) is 0 Å². The molecule has 0 aromatic heterocycles. The molecule has 16 heavy (non-hydrogen) atoms. The molecule has 0 heterocycles. The summed E-state index contributed by atoms with van der Waals surface area (Å²) >= 11 is 0. The fourth-order valence-corrected chi connectivity index (χ4v) is 1.83. The second kappa shape index (κ2) is 6.52. The maximum Gasteiger partial charge on any atom is -0.0194 e. The quantitative estimate of drug-likeness (QED) is 0.596. The van der Waals surface area contributed by atoms with Crippen molar-refractivity contribution in [1.29, 1.82) is 0 Å². The summed E-state index contributed by atoms with van der Waals surface area (Å²) in [4.78, 5) is 0. The van der Waals surface area contributed by atoms with Crippen LogP contribution >= 0.6 is 0 Å². The summed E-state index contributed by atoms with van der Waals surface area (Å²) in [5.41, 5.74) is 2.82. The molecule has 1 atom stereocenters. The van der Waals surface area contributed by atoms with E-state index in [2.05, 4.69) is 57.7 Å². The molecular weight excluding hydrogens is 192 g/mol. The number of hydrogen-bond acceptors (Lipinski definition) is 0. The fourth-order valence-electron chi connectivity index (χ4n) is 1.83. The average Bonchev–Trinajstić information content (AvgIpc) is 2.27. The van der Waals surface area contributed by atoms with Crippen molar-refractivity contribution in [2.75, 3.05) is 0 Å². The van der Waals surface area contributed by atoms with Crippen LogP contribution in [0.3, 0.4) is 0 Å². The first-order chi connectivity index (χ1) is 7.59. The largest absolute Gasteiger partial charge is 0.0996 e. The van der Waals surface area contributed by atoms with Gasteiger partial charge in [-0.2, -0.15) is 0 Å². The van der Waals surface area contributed by atoms with E-state index in [1.807, 2.05) is 0 Å². The third-order valence-corrected chi connectivity index (χ3v) is 3.12. The van der Waals surface area contributed by atoms with Crippen LogP contribution in [0, 0.1) is 11.8 Å². The summed E-state index contributed by atoms with van der Waals surface area (Å²) in [5.74, 6) is 1.38. The van der Waals surface area contributed by atoms with E-state index in [0.717, 1.165) is 12.3 Å². The second-order valence-electron chi connectivity index (χ2n) is 5.18. The van der Waals surface area contributed by atoms with E-state index < -0.39 is 0 Å². The van der Waals surface area contributed by atoms with Crippen LogP contribution in [0.1, 0.15) is 39.2 Å². The van der Waals surface area contributed by atoms with Crippen LogP contribution in [-0.4, -0.2) is 0 Å². The second-order valence-corrected chi connectivity index (χ2v) is 5.18. The molecule has 1 aromatic rings. The molecule has 0 nitrogen and oxygen atoms in total. The van der Waals surface area contributed by atoms with Crippen molar-refractivity contribution in [3.8, 4) is 0 Å². The Morgan fingerprint density at radius 1 is 1.12 bits per heavy atom. The van der Waals surface area contributed by atoms with Gasteiger partial charge in [-0.15, -0.1) is 0 Å². The van der Waals surface area contributed by atoms with Crippen molar-refractivity contribution in [2.45, 2.75) is 40.0 Å². The predicted octanol–water partition coefficient (Wildman–Crippen LogP) is 4.86. The van der Waals surface area contributed by atoms with Crippen molar-refractivity contribution in [3.63, 3.8) is 0 Å². The molecular formula is C16H24. The molecule has 0 aliphatic rings. The first-order valence-electron chi connectivity index (χ1n) is 6.31. The highest BCUT2D eigenvalue weighted by atomic mass is 14.1. The molecule has 0 aliphatic carbocycles. The molecule has 88 valence electrons. The van der Waals surface area contributed by atoms with E-state index in [-0.39, 0.29) is 0 Å². The minimum absolute atomic E-state index is 0.598. The molecule has 0 radical (unpaired) electrons.